The van der Waals surface area contributed by atoms with E-state index in [4.69, 9.17) is 4.18 Å². The van der Waals surface area contributed by atoms with Gasteiger partial charge in [-0.2, -0.15) is 0 Å². The van der Waals surface area contributed by atoms with Gasteiger partial charge in [0.2, 0.25) is 11.1 Å². The fourth-order valence-corrected chi connectivity index (χ4v) is 2.07. The average Bonchev–Trinajstić information content (AvgIpc) is 2.21. The molecule has 0 N–H and O–H groups in total. The molecule has 0 aliphatic heterocycles. The zero-order chi connectivity index (χ0) is 11.3. The van der Waals surface area contributed by atoms with E-state index >= 15 is 0 Å². The summed E-state index contributed by atoms with van der Waals surface area (Å²) in [5.41, 5.74) is 1.33. The summed E-state index contributed by atoms with van der Waals surface area (Å²) in [4.78, 5) is 0. The predicted octanol–water partition coefficient (Wildman–Crippen LogP) is 3.26. The van der Waals surface area contributed by atoms with Crippen molar-refractivity contribution in [2.45, 2.75) is 32.6 Å². The first kappa shape index (κ1) is 12.2. The monoisotopic (exact) mass is 226 g/mol. The van der Waals surface area contributed by atoms with E-state index in [9.17, 15) is 4.21 Å². The first-order valence-electron chi connectivity index (χ1n) is 5.29. The lowest BCUT2D eigenvalue weighted by molar-refractivity contribution is 0.566. The molecule has 0 aliphatic rings. The highest BCUT2D eigenvalue weighted by atomic mass is 32.2. The van der Waals surface area contributed by atoms with Crippen LogP contribution in [0.1, 0.15) is 38.2 Å². The number of rotatable bonds is 5. The van der Waals surface area contributed by atoms with Crippen LogP contribution in [-0.4, -0.2) is 10.5 Å². The van der Waals surface area contributed by atoms with Crippen molar-refractivity contribution >= 4 is 11.1 Å². The zero-order valence-corrected chi connectivity index (χ0v) is 10.3. The molecule has 0 aromatic heterocycles. The Morgan fingerprint density at radius 2 is 1.73 bits per heavy atom. The molecule has 0 saturated carbocycles. The standard InChI is InChI=1S/C12H18O2S/c1-4-10(5-2)11-6-8-12(9-7-11)14-15(3)13/h6-10H,4-5H2,1-3H3. The van der Waals surface area contributed by atoms with Gasteiger partial charge in [-0.15, -0.1) is 0 Å². The Balaban J connectivity index is 2.75. The Morgan fingerprint density at radius 1 is 1.20 bits per heavy atom. The molecule has 84 valence electrons. The molecule has 0 radical (unpaired) electrons. The lowest BCUT2D eigenvalue weighted by Gasteiger charge is -2.12. The molecule has 0 saturated heterocycles. The Morgan fingerprint density at radius 3 is 2.13 bits per heavy atom. The van der Waals surface area contributed by atoms with Crippen molar-refractivity contribution in [3.8, 4) is 5.75 Å². The molecule has 0 heterocycles. The molecule has 3 heteroatoms. The maximum atomic E-state index is 10.8. The first-order chi connectivity index (χ1) is 7.17. The van der Waals surface area contributed by atoms with Crippen LogP contribution in [0.3, 0.4) is 0 Å². The Labute approximate surface area is 94.3 Å². The van der Waals surface area contributed by atoms with Crippen LogP contribution >= 0.6 is 0 Å². The second kappa shape index (κ2) is 5.91. The summed E-state index contributed by atoms with van der Waals surface area (Å²) in [5, 5.41) is 0. The SMILES string of the molecule is CCC(CC)c1ccc(OS(C)=O)cc1. The number of hydrogen-bond donors (Lipinski definition) is 0. The zero-order valence-electron chi connectivity index (χ0n) is 9.53. The van der Waals surface area contributed by atoms with Gasteiger partial charge in [0.1, 0.15) is 5.75 Å². The molecule has 2 nitrogen and oxygen atoms in total. The summed E-state index contributed by atoms with van der Waals surface area (Å²) < 4.78 is 15.9. The molecule has 0 fully saturated rings. The second-order valence-corrected chi connectivity index (χ2v) is 4.54. The molecule has 1 aromatic rings. The molecular weight excluding hydrogens is 208 g/mol. The van der Waals surface area contributed by atoms with Gasteiger partial charge in [-0.1, -0.05) is 26.0 Å². The predicted molar refractivity (Wildman–Crippen MR) is 64.5 cm³/mol. The lowest BCUT2D eigenvalue weighted by atomic mass is 9.94. The van der Waals surface area contributed by atoms with E-state index in [0.717, 1.165) is 12.8 Å². The van der Waals surface area contributed by atoms with Crippen LogP contribution in [-0.2, 0) is 11.1 Å². The summed E-state index contributed by atoms with van der Waals surface area (Å²) in [7, 11) is 0. The Bertz CT molecular complexity index is 315. The summed E-state index contributed by atoms with van der Waals surface area (Å²) in [6, 6.07) is 7.88. The van der Waals surface area contributed by atoms with Crippen molar-refractivity contribution in [1.82, 2.24) is 0 Å². The van der Waals surface area contributed by atoms with E-state index < -0.39 is 11.1 Å². The molecule has 0 spiro atoms. The summed E-state index contributed by atoms with van der Waals surface area (Å²) in [6.45, 7) is 4.39. The van der Waals surface area contributed by atoms with Gasteiger partial charge in [-0.3, -0.25) is 0 Å². The van der Waals surface area contributed by atoms with Gasteiger partial charge < -0.3 is 4.18 Å². The van der Waals surface area contributed by atoms with Gasteiger partial charge in [-0.25, -0.2) is 4.21 Å². The van der Waals surface area contributed by atoms with Crippen molar-refractivity contribution in [2.75, 3.05) is 6.26 Å². The largest absolute Gasteiger partial charge is 0.401 e. The van der Waals surface area contributed by atoms with E-state index in [-0.39, 0.29) is 0 Å². The van der Waals surface area contributed by atoms with E-state index in [1.807, 2.05) is 12.1 Å². The third-order valence-corrected chi connectivity index (χ3v) is 2.98. The molecule has 15 heavy (non-hydrogen) atoms. The molecule has 0 aliphatic carbocycles. The number of benzene rings is 1. The Kier molecular flexibility index (Phi) is 4.82. The lowest BCUT2D eigenvalue weighted by Crippen LogP contribution is -1.98. The molecule has 0 amide bonds. The smallest absolute Gasteiger partial charge is 0.203 e. The highest BCUT2D eigenvalue weighted by Crippen LogP contribution is 2.24. The van der Waals surface area contributed by atoms with Gasteiger partial charge in [0.15, 0.2) is 0 Å². The molecule has 1 atom stereocenters. The summed E-state index contributed by atoms with van der Waals surface area (Å²) >= 11 is -1.24. The highest BCUT2D eigenvalue weighted by Gasteiger charge is 2.06. The minimum absolute atomic E-state index is 0.617. The third kappa shape index (κ3) is 3.67. The van der Waals surface area contributed by atoms with Gasteiger partial charge in [0.05, 0.1) is 0 Å². The van der Waals surface area contributed by atoms with Crippen LogP contribution in [0.25, 0.3) is 0 Å². The summed E-state index contributed by atoms with van der Waals surface area (Å²) in [5.74, 6) is 1.29. The van der Waals surface area contributed by atoms with Gasteiger partial charge in [-0.05, 0) is 36.5 Å². The van der Waals surface area contributed by atoms with Crippen LogP contribution in [0.5, 0.6) is 5.75 Å². The van der Waals surface area contributed by atoms with Crippen molar-refractivity contribution in [2.24, 2.45) is 0 Å². The van der Waals surface area contributed by atoms with E-state index in [0.29, 0.717) is 11.7 Å². The van der Waals surface area contributed by atoms with Crippen molar-refractivity contribution in [3.05, 3.63) is 29.8 Å². The van der Waals surface area contributed by atoms with Gasteiger partial charge in [0, 0.05) is 6.26 Å². The molecule has 1 rings (SSSR count). The topological polar surface area (TPSA) is 26.3 Å². The van der Waals surface area contributed by atoms with Crippen LogP contribution in [0.15, 0.2) is 24.3 Å². The fraction of sp³-hybridized carbons (Fsp3) is 0.500. The molecule has 1 unspecified atom stereocenters. The first-order valence-corrected chi connectivity index (χ1v) is 6.77. The van der Waals surface area contributed by atoms with E-state index in [2.05, 4.69) is 26.0 Å². The molecule has 0 bridgehead atoms. The normalized spacial score (nSPS) is 12.8. The van der Waals surface area contributed by atoms with Crippen molar-refractivity contribution < 1.29 is 8.39 Å². The summed E-state index contributed by atoms with van der Waals surface area (Å²) in [6.07, 6.45) is 3.82. The van der Waals surface area contributed by atoms with E-state index in [1.54, 1.807) is 0 Å². The van der Waals surface area contributed by atoms with Crippen molar-refractivity contribution in [1.29, 1.82) is 0 Å². The van der Waals surface area contributed by atoms with Crippen LogP contribution in [0, 0.1) is 0 Å². The molecular formula is C12H18O2S. The minimum Gasteiger partial charge on any atom is -0.401 e. The van der Waals surface area contributed by atoms with Crippen LogP contribution < -0.4 is 4.18 Å². The van der Waals surface area contributed by atoms with Gasteiger partial charge in [0.25, 0.3) is 0 Å². The Hall–Kier alpha value is -0.830. The van der Waals surface area contributed by atoms with Crippen LogP contribution in [0.4, 0.5) is 0 Å². The maximum Gasteiger partial charge on any atom is 0.203 e. The van der Waals surface area contributed by atoms with Crippen LogP contribution in [0.2, 0.25) is 0 Å². The average molecular weight is 226 g/mol. The molecule has 1 aromatic carbocycles. The fourth-order valence-electron chi connectivity index (χ4n) is 1.69. The maximum absolute atomic E-state index is 10.8. The quantitative estimate of drug-likeness (QED) is 0.770. The van der Waals surface area contributed by atoms with Gasteiger partial charge >= 0.3 is 0 Å². The minimum atomic E-state index is -1.24. The third-order valence-electron chi connectivity index (χ3n) is 2.55. The van der Waals surface area contributed by atoms with Crippen molar-refractivity contribution in [3.63, 3.8) is 0 Å². The second-order valence-electron chi connectivity index (χ2n) is 3.57. The highest BCUT2D eigenvalue weighted by molar-refractivity contribution is 7.79. The number of hydrogen-bond acceptors (Lipinski definition) is 2. The van der Waals surface area contributed by atoms with E-state index in [1.165, 1.54) is 11.8 Å².